The Balaban J connectivity index is 1.86. The van der Waals surface area contributed by atoms with Gasteiger partial charge in [-0.05, 0) is 22.9 Å². The van der Waals surface area contributed by atoms with Crippen molar-refractivity contribution in [3.05, 3.63) is 53.4 Å². The van der Waals surface area contributed by atoms with E-state index in [1.54, 1.807) is 21.8 Å². The van der Waals surface area contributed by atoms with E-state index in [-0.39, 0.29) is 5.92 Å². The summed E-state index contributed by atoms with van der Waals surface area (Å²) in [4.78, 5) is 0. The van der Waals surface area contributed by atoms with E-state index in [0.29, 0.717) is 23.2 Å². The molecule has 0 saturated carbocycles. The Morgan fingerprint density at radius 3 is 2.50 bits per heavy atom. The Morgan fingerprint density at radius 1 is 1.10 bits per heavy atom. The van der Waals surface area contributed by atoms with E-state index in [4.69, 9.17) is 0 Å². The summed E-state index contributed by atoms with van der Waals surface area (Å²) in [7, 11) is -3.32. The molecule has 0 N–H and O–H groups in total. The van der Waals surface area contributed by atoms with Gasteiger partial charge in [0, 0.05) is 19.0 Å². The van der Waals surface area contributed by atoms with Gasteiger partial charge in [0.15, 0.2) is 0 Å². The lowest BCUT2D eigenvalue weighted by molar-refractivity contribution is 0.466. The maximum Gasteiger partial charge on any atom is 0.252 e. The van der Waals surface area contributed by atoms with Gasteiger partial charge in [-0.15, -0.1) is 11.3 Å². The van der Waals surface area contributed by atoms with Crippen LogP contribution in [0.1, 0.15) is 18.4 Å². The summed E-state index contributed by atoms with van der Waals surface area (Å²) in [6.07, 6.45) is 0. The number of sulfonamides is 1. The van der Waals surface area contributed by atoms with Crippen LogP contribution in [0.2, 0.25) is 0 Å². The largest absolute Gasteiger partial charge is 0.252 e. The van der Waals surface area contributed by atoms with Crippen molar-refractivity contribution in [2.75, 3.05) is 13.1 Å². The predicted octanol–water partition coefficient (Wildman–Crippen LogP) is 3.17. The van der Waals surface area contributed by atoms with E-state index in [0.717, 1.165) is 0 Å². The standard InChI is InChI=1S/C15H17NO2S2/c1-12-10-16(20(17,18)15-8-5-9-19-15)11-14(12)13-6-3-2-4-7-13/h2-9,12,14H,10-11H2,1H3. The average molecular weight is 307 g/mol. The molecule has 2 aromatic rings. The summed E-state index contributed by atoms with van der Waals surface area (Å²) in [5, 5.41) is 1.81. The summed E-state index contributed by atoms with van der Waals surface area (Å²) in [5.74, 6) is 0.623. The molecule has 0 amide bonds. The van der Waals surface area contributed by atoms with E-state index in [1.807, 2.05) is 18.2 Å². The lowest BCUT2D eigenvalue weighted by Gasteiger charge is -2.15. The first-order chi connectivity index (χ1) is 9.59. The highest BCUT2D eigenvalue weighted by atomic mass is 32.2. The van der Waals surface area contributed by atoms with Crippen LogP contribution in [0.4, 0.5) is 0 Å². The van der Waals surface area contributed by atoms with Crippen LogP contribution in [0.5, 0.6) is 0 Å². The van der Waals surface area contributed by atoms with Gasteiger partial charge >= 0.3 is 0 Å². The first kappa shape index (κ1) is 13.8. The quantitative estimate of drug-likeness (QED) is 0.873. The molecular formula is C15H17NO2S2. The van der Waals surface area contributed by atoms with Crippen molar-refractivity contribution in [1.82, 2.24) is 4.31 Å². The monoisotopic (exact) mass is 307 g/mol. The fourth-order valence-electron chi connectivity index (χ4n) is 2.79. The Labute approximate surface area is 123 Å². The van der Waals surface area contributed by atoms with Crippen molar-refractivity contribution in [1.29, 1.82) is 0 Å². The van der Waals surface area contributed by atoms with Crippen LogP contribution in [0.15, 0.2) is 52.1 Å². The molecule has 1 aliphatic heterocycles. The normalized spacial score (nSPS) is 24.1. The highest BCUT2D eigenvalue weighted by molar-refractivity contribution is 7.91. The lowest BCUT2D eigenvalue weighted by atomic mass is 9.90. The van der Waals surface area contributed by atoms with Crippen molar-refractivity contribution in [3.63, 3.8) is 0 Å². The van der Waals surface area contributed by atoms with E-state index in [1.165, 1.54) is 16.9 Å². The van der Waals surface area contributed by atoms with E-state index >= 15 is 0 Å². The Kier molecular flexibility index (Phi) is 3.67. The molecule has 1 aromatic heterocycles. The molecule has 3 nitrogen and oxygen atoms in total. The number of benzene rings is 1. The predicted molar refractivity (Wildman–Crippen MR) is 81.4 cm³/mol. The van der Waals surface area contributed by atoms with Gasteiger partial charge in [0.2, 0.25) is 0 Å². The van der Waals surface area contributed by atoms with Crippen LogP contribution in [-0.2, 0) is 10.0 Å². The first-order valence-electron chi connectivity index (χ1n) is 6.67. The van der Waals surface area contributed by atoms with Gasteiger partial charge in [0.1, 0.15) is 4.21 Å². The van der Waals surface area contributed by atoms with Crippen LogP contribution < -0.4 is 0 Å². The molecule has 0 spiro atoms. The fraction of sp³-hybridized carbons (Fsp3) is 0.333. The minimum atomic E-state index is -3.32. The molecule has 2 unspecified atom stereocenters. The number of thiophene rings is 1. The van der Waals surface area contributed by atoms with Crippen molar-refractivity contribution in [2.24, 2.45) is 5.92 Å². The Morgan fingerprint density at radius 2 is 1.85 bits per heavy atom. The van der Waals surface area contributed by atoms with E-state index in [9.17, 15) is 8.42 Å². The van der Waals surface area contributed by atoms with Gasteiger partial charge in [-0.3, -0.25) is 0 Å². The number of nitrogens with zero attached hydrogens (tertiary/aromatic N) is 1. The lowest BCUT2D eigenvalue weighted by Crippen LogP contribution is -2.28. The third-order valence-electron chi connectivity index (χ3n) is 3.90. The van der Waals surface area contributed by atoms with Gasteiger partial charge < -0.3 is 0 Å². The molecule has 1 aromatic carbocycles. The fourth-order valence-corrected chi connectivity index (χ4v) is 5.50. The van der Waals surface area contributed by atoms with Crippen LogP contribution in [0.25, 0.3) is 0 Å². The molecule has 0 radical (unpaired) electrons. The summed E-state index contributed by atoms with van der Waals surface area (Å²) < 4.78 is 27.2. The molecule has 20 heavy (non-hydrogen) atoms. The minimum Gasteiger partial charge on any atom is -0.206 e. The van der Waals surface area contributed by atoms with Crippen molar-refractivity contribution in [3.8, 4) is 0 Å². The van der Waals surface area contributed by atoms with E-state index < -0.39 is 10.0 Å². The highest BCUT2D eigenvalue weighted by Gasteiger charge is 2.38. The Hall–Kier alpha value is -1.17. The molecule has 1 aliphatic rings. The number of hydrogen-bond donors (Lipinski definition) is 0. The summed E-state index contributed by atoms with van der Waals surface area (Å²) in [5.41, 5.74) is 1.23. The third-order valence-corrected chi connectivity index (χ3v) is 7.10. The number of rotatable bonds is 3. The van der Waals surface area contributed by atoms with E-state index in [2.05, 4.69) is 19.1 Å². The second kappa shape index (κ2) is 5.31. The van der Waals surface area contributed by atoms with Crippen LogP contribution in [-0.4, -0.2) is 25.8 Å². The van der Waals surface area contributed by atoms with Crippen LogP contribution in [0.3, 0.4) is 0 Å². The van der Waals surface area contributed by atoms with Crippen molar-refractivity contribution >= 4 is 21.4 Å². The second-order valence-electron chi connectivity index (χ2n) is 5.25. The molecule has 3 rings (SSSR count). The molecule has 0 aliphatic carbocycles. The molecule has 1 saturated heterocycles. The average Bonchev–Trinajstić information content (AvgIpc) is 3.09. The molecule has 106 valence electrons. The zero-order valence-corrected chi connectivity index (χ0v) is 12.9. The van der Waals surface area contributed by atoms with Gasteiger partial charge in [-0.25, -0.2) is 8.42 Å². The zero-order valence-electron chi connectivity index (χ0n) is 11.3. The molecule has 2 atom stereocenters. The Bertz CT molecular complexity index is 665. The summed E-state index contributed by atoms with van der Waals surface area (Å²) in [6, 6.07) is 13.7. The molecule has 2 heterocycles. The molecule has 1 fully saturated rings. The smallest absolute Gasteiger partial charge is 0.206 e. The summed E-state index contributed by atoms with van der Waals surface area (Å²) >= 11 is 1.29. The highest BCUT2D eigenvalue weighted by Crippen LogP contribution is 2.35. The van der Waals surface area contributed by atoms with Crippen LogP contribution >= 0.6 is 11.3 Å². The number of hydrogen-bond acceptors (Lipinski definition) is 3. The van der Waals surface area contributed by atoms with Crippen molar-refractivity contribution in [2.45, 2.75) is 17.1 Å². The summed E-state index contributed by atoms with van der Waals surface area (Å²) in [6.45, 7) is 3.30. The molecular weight excluding hydrogens is 290 g/mol. The van der Waals surface area contributed by atoms with Gasteiger partial charge in [-0.1, -0.05) is 43.3 Å². The zero-order chi connectivity index (χ0) is 14.2. The van der Waals surface area contributed by atoms with Gasteiger partial charge in [0.25, 0.3) is 10.0 Å². The van der Waals surface area contributed by atoms with Crippen LogP contribution in [0, 0.1) is 5.92 Å². The molecule has 5 heteroatoms. The SMILES string of the molecule is CC1CN(S(=O)(=O)c2cccs2)CC1c1ccccc1. The maximum atomic E-state index is 12.6. The third kappa shape index (κ3) is 2.41. The first-order valence-corrected chi connectivity index (χ1v) is 8.99. The topological polar surface area (TPSA) is 37.4 Å². The van der Waals surface area contributed by atoms with Crippen molar-refractivity contribution < 1.29 is 8.42 Å². The maximum absolute atomic E-state index is 12.6. The molecule has 0 bridgehead atoms. The van der Waals surface area contributed by atoms with Gasteiger partial charge in [0.05, 0.1) is 0 Å². The van der Waals surface area contributed by atoms with Gasteiger partial charge in [-0.2, -0.15) is 4.31 Å². The minimum absolute atomic E-state index is 0.283. The second-order valence-corrected chi connectivity index (χ2v) is 8.36.